The Morgan fingerprint density at radius 3 is 2.54 bits per heavy atom. The van der Waals surface area contributed by atoms with Crippen molar-refractivity contribution in [2.75, 3.05) is 6.61 Å². The quantitative estimate of drug-likeness (QED) is 0.806. The molecule has 0 atom stereocenters. The van der Waals surface area contributed by atoms with E-state index in [-0.39, 0.29) is 6.61 Å². The van der Waals surface area contributed by atoms with E-state index < -0.39 is 0 Å². The van der Waals surface area contributed by atoms with Gasteiger partial charge < -0.3 is 5.11 Å². The molecule has 0 aromatic heterocycles. The maximum Gasteiger partial charge on any atom is 0.0615 e. The maximum absolute atomic E-state index is 8.67. The molecule has 0 aliphatic carbocycles. The van der Waals surface area contributed by atoms with Crippen LogP contribution >= 0.6 is 15.9 Å². The molecule has 0 radical (unpaired) electrons. The van der Waals surface area contributed by atoms with Crippen molar-refractivity contribution in [3.8, 4) is 0 Å². The van der Waals surface area contributed by atoms with Gasteiger partial charge in [-0.05, 0) is 31.0 Å². The van der Waals surface area contributed by atoms with Crippen molar-refractivity contribution in [2.24, 2.45) is 0 Å². The molecule has 0 aliphatic heterocycles. The Kier molecular flexibility index (Phi) is 4.19. The molecule has 1 aromatic rings. The topological polar surface area (TPSA) is 20.2 Å². The summed E-state index contributed by atoms with van der Waals surface area (Å²) in [5, 5.41) is 8.67. The first kappa shape index (κ1) is 10.5. The molecule has 0 spiro atoms. The minimum absolute atomic E-state index is 0.127. The van der Waals surface area contributed by atoms with Gasteiger partial charge in [-0.3, -0.25) is 0 Å². The number of aliphatic hydroxyl groups excluding tert-OH is 1. The van der Waals surface area contributed by atoms with E-state index >= 15 is 0 Å². The summed E-state index contributed by atoms with van der Waals surface area (Å²) < 4.78 is 1.10. The molecule has 0 aliphatic rings. The van der Waals surface area contributed by atoms with Gasteiger partial charge in [0.2, 0.25) is 0 Å². The SMILES string of the molecule is C/C(=C\CO)Cc1ccc(Br)cc1. The second kappa shape index (κ2) is 5.20. The average molecular weight is 241 g/mol. The summed E-state index contributed by atoms with van der Waals surface area (Å²) in [6.45, 7) is 2.15. The van der Waals surface area contributed by atoms with Crippen molar-refractivity contribution in [3.63, 3.8) is 0 Å². The van der Waals surface area contributed by atoms with E-state index in [1.165, 1.54) is 11.1 Å². The molecule has 70 valence electrons. The van der Waals surface area contributed by atoms with Crippen LogP contribution in [0, 0.1) is 0 Å². The molecule has 13 heavy (non-hydrogen) atoms. The summed E-state index contributed by atoms with van der Waals surface area (Å²) >= 11 is 3.39. The zero-order chi connectivity index (χ0) is 9.68. The van der Waals surface area contributed by atoms with Crippen LogP contribution in [0.15, 0.2) is 40.4 Å². The molecule has 0 saturated heterocycles. The van der Waals surface area contributed by atoms with Crippen LogP contribution in [0.5, 0.6) is 0 Å². The van der Waals surface area contributed by atoms with Gasteiger partial charge in [-0.2, -0.15) is 0 Å². The summed E-state index contributed by atoms with van der Waals surface area (Å²) in [4.78, 5) is 0. The van der Waals surface area contributed by atoms with E-state index in [0.717, 1.165) is 10.9 Å². The number of rotatable bonds is 3. The Labute approximate surface area is 87.2 Å². The van der Waals surface area contributed by atoms with Crippen molar-refractivity contribution in [2.45, 2.75) is 13.3 Å². The Morgan fingerprint density at radius 2 is 2.00 bits per heavy atom. The predicted molar refractivity (Wildman–Crippen MR) is 58.7 cm³/mol. The zero-order valence-corrected chi connectivity index (χ0v) is 9.21. The monoisotopic (exact) mass is 240 g/mol. The van der Waals surface area contributed by atoms with E-state index in [1.807, 2.05) is 25.1 Å². The van der Waals surface area contributed by atoms with Crippen LogP contribution in [0.2, 0.25) is 0 Å². The summed E-state index contributed by atoms with van der Waals surface area (Å²) in [6, 6.07) is 8.22. The van der Waals surface area contributed by atoms with E-state index in [2.05, 4.69) is 28.1 Å². The Bertz CT molecular complexity index is 287. The van der Waals surface area contributed by atoms with E-state index in [1.54, 1.807) is 0 Å². The highest BCUT2D eigenvalue weighted by Gasteiger charge is 1.94. The third-order valence-corrected chi connectivity index (χ3v) is 2.36. The molecule has 0 saturated carbocycles. The van der Waals surface area contributed by atoms with Crippen molar-refractivity contribution in [1.82, 2.24) is 0 Å². The molecule has 0 fully saturated rings. The molecule has 1 rings (SSSR count). The van der Waals surface area contributed by atoms with Crippen LogP contribution in [0.25, 0.3) is 0 Å². The van der Waals surface area contributed by atoms with Gasteiger partial charge in [0, 0.05) is 4.47 Å². The maximum atomic E-state index is 8.67. The van der Waals surface area contributed by atoms with E-state index in [9.17, 15) is 0 Å². The van der Waals surface area contributed by atoms with Crippen LogP contribution in [0.3, 0.4) is 0 Å². The first-order valence-electron chi connectivity index (χ1n) is 4.23. The number of hydrogen-bond acceptors (Lipinski definition) is 1. The van der Waals surface area contributed by atoms with Crippen molar-refractivity contribution in [3.05, 3.63) is 46.0 Å². The lowest BCUT2D eigenvalue weighted by Crippen LogP contribution is -1.87. The van der Waals surface area contributed by atoms with E-state index in [4.69, 9.17) is 5.11 Å². The predicted octanol–water partition coefficient (Wildman–Crippen LogP) is 2.93. The fourth-order valence-corrected chi connectivity index (χ4v) is 1.42. The first-order valence-corrected chi connectivity index (χ1v) is 5.02. The van der Waals surface area contributed by atoms with Crippen molar-refractivity contribution in [1.29, 1.82) is 0 Å². The van der Waals surface area contributed by atoms with Gasteiger partial charge in [-0.1, -0.05) is 39.7 Å². The molecule has 0 amide bonds. The summed E-state index contributed by atoms with van der Waals surface area (Å²) in [7, 11) is 0. The number of hydrogen-bond donors (Lipinski definition) is 1. The molecule has 1 aromatic carbocycles. The van der Waals surface area contributed by atoms with E-state index in [0.29, 0.717) is 0 Å². The minimum Gasteiger partial charge on any atom is -0.392 e. The third kappa shape index (κ3) is 3.75. The summed E-state index contributed by atoms with van der Waals surface area (Å²) in [6.07, 6.45) is 2.75. The number of halogens is 1. The second-order valence-corrected chi connectivity index (χ2v) is 3.95. The van der Waals surface area contributed by atoms with Crippen LogP contribution in [0.1, 0.15) is 12.5 Å². The fraction of sp³-hybridized carbons (Fsp3) is 0.273. The third-order valence-electron chi connectivity index (χ3n) is 1.84. The molecule has 1 nitrogen and oxygen atoms in total. The fourth-order valence-electron chi connectivity index (χ4n) is 1.15. The Balaban J connectivity index is 2.64. The highest BCUT2D eigenvalue weighted by atomic mass is 79.9. The van der Waals surface area contributed by atoms with Gasteiger partial charge in [0.15, 0.2) is 0 Å². The number of benzene rings is 1. The van der Waals surface area contributed by atoms with Gasteiger partial charge in [-0.15, -0.1) is 0 Å². The van der Waals surface area contributed by atoms with Crippen LogP contribution in [-0.2, 0) is 6.42 Å². The zero-order valence-electron chi connectivity index (χ0n) is 7.63. The molecule has 2 heteroatoms. The second-order valence-electron chi connectivity index (χ2n) is 3.04. The van der Waals surface area contributed by atoms with Crippen molar-refractivity contribution >= 4 is 15.9 Å². The summed E-state index contributed by atoms with van der Waals surface area (Å²) in [5.74, 6) is 0. The average Bonchev–Trinajstić information content (AvgIpc) is 2.09. The molecular weight excluding hydrogens is 228 g/mol. The lowest BCUT2D eigenvalue weighted by molar-refractivity contribution is 0.341. The standard InChI is InChI=1S/C11H13BrO/c1-9(6-7-13)8-10-2-4-11(12)5-3-10/h2-6,13H,7-8H2,1H3/b9-6+. The minimum atomic E-state index is 0.127. The van der Waals surface area contributed by atoms with Crippen molar-refractivity contribution < 1.29 is 5.11 Å². The summed E-state index contributed by atoms with van der Waals surface area (Å²) in [5.41, 5.74) is 2.47. The number of allylic oxidation sites excluding steroid dienone is 1. The van der Waals surface area contributed by atoms with Crippen LogP contribution < -0.4 is 0 Å². The molecule has 0 unspecified atom stereocenters. The van der Waals surface area contributed by atoms with Gasteiger partial charge in [0.1, 0.15) is 0 Å². The molecular formula is C11H13BrO. The lowest BCUT2D eigenvalue weighted by Gasteiger charge is -2.01. The molecule has 0 heterocycles. The smallest absolute Gasteiger partial charge is 0.0615 e. The highest BCUT2D eigenvalue weighted by molar-refractivity contribution is 9.10. The van der Waals surface area contributed by atoms with Gasteiger partial charge in [0.05, 0.1) is 6.61 Å². The number of aliphatic hydroxyl groups is 1. The normalized spacial score (nSPS) is 11.8. The lowest BCUT2D eigenvalue weighted by atomic mass is 10.1. The Morgan fingerprint density at radius 1 is 1.38 bits per heavy atom. The van der Waals surface area contributed by atoms with Gasteiger partial charge in [-0.25, -0.2) is 0 Å². The largest absolute Gasteiger partial charge is 0.392 e. The van der Waals surface area contributed by atoms with Crippen LogP contribution in [0.4, 0.5) is 0 Å². The molecule has 0 bridgehead atoms. The van der Waals surface area contributed by atoms with Gasteiger partial charge in [0.25, 0.3) is 0 Å². The molecule has 1 N–H and O–H groups in total. The van der Waals surface area contributed by atoms with Crippen LogP contribution in [-0.4, -0.2) is 11.7 Å². The van der Waals surface area contributed by atoms with Gasteiger partial charge >= 0.3 is 0 Å². The Hall–Kier alpha value is -0.600. The first-order chi connectivity index (χ1) is 6.22. The highest BCUT2D eigenvalue weighted by Crippen LogP contribution is 2.13.